The summed E-state index contributed by atoms with van der Waals surface area (Å²) in [6.45, 7) is 8.70. The van der Waals surface area contributed by atoms with Crippen LogP contribution < -0.4 is 0 Å². The van der Waals surface area contributed by atoms with E-state index in [2.05, 4.69) is 6.58 Å². The highest BCUT2D eigenvalue weighted by molar-refractivity contribution is 5.02. The van der Waals surface area contributed by atoms with E-state index in [1.54, 1.807) is 19.9 Å². The highest BCUT2D eigenvalue weighted by Crippen LogP contribution is 2.39. The van der Waals surface area contributed by atoms with E-state index in [-0.39, 0.29) is 19.3 Å². The maximum Gasteiger partial charge on any atom is 0.187 e. The molecule has 0 bridgehead atoms. The van der Waals surface area contributed by atoms with Gasteiger partial charge < -0.3 is 54.3 Å². The molecule has 32 heavy (non-hydrogen) atoms. The Kier molecular flexibility index (Phi) is 8.00. The molecule has 6 N–H and O–H groups in total. The van der Waals surface area contributed by atoms with Gasteiger partial charge in [-0.15, -0.1) is 6.58 Å². The van der Waals surface area contributed by atoms with Crippen molar-refractivity contribution in [3.05, 3.63) is 12.7 Å². The van der Waals surface area contributed by atoms with Gasteiger partial charge in [0.1, 0.15) is 42.7 Å². The standard InChI is InChI=1S/C21H36O11/c1-5-21(4)7-6-12(31-21)20(2,3)32-19-17(27)15(25)14(24)11(30-19)9-29-18-16(26)13(23)10(22)8-28-18/h5,10-19,22-27H,1,6-9H2,2-4H3. The summed E-state index contributed by atoms with van der Waals surface area (Å²) in [6, 6.07) is 0. The predicted molar refractivity (Wildman–Crippen MR) is 108 cm³/mol. The van der Waals surface area contributed by atoms with Gasteiger partial charge in [0, 0.05) is 0 Å². The molecule has 0 radical (unpaired) electrons. The van der Waals surface area contributed by atoms with Crippen molar-refractivity contribution in [1.29, 1.82) is 0 Å². The van der Waals surface area contributed by atoms with Crippen LogP contribution in [0.25, 0.3) is 0 Å². The lowest BCUT2D eigenvalue weighted by Crippen LogP contribution is -2.62. The molecular weight excluding hydrogens is 428 g/mol. The third kappa shape index (κ3) is 5.34. The van der Waals surface area contributed by atoms with Crippen molar-refractivity contribution >= 4 is 0 Å². The summed E-state index contributed by atoms with van der Waals surface area (Å²) in [7, 11) is 0. The molecule has 11 nitrogen and oxygen atoms in total. The second kappa shape index (κ2) is 9.88. The molecule has 0 aromatic heterocycles. The molecule has 0 aliphatic carbocycles. The number of ether oxygens (including phenoxy) is 5. The van der Waals surface area contributed by atoms with Crippen molar-refractivity contribution in [2.45, 2.75) is 106 Å². The van der Waals surface area contributed by atoms with Crippen molar-refractivity contribution in [1.82, 2.24) is 0 Å². The summed E-state index contributed by atoms with van der Waals surface area (Å²) in [5.41, 5.74) is -1.38. The van der Waals surface area contributed by atoms with Crippen LogP contribution in [0.2, 0.25) is 0 Å². The number of aliphatic hydroxyl groups is 6. The van der Waals surface area contributed by atoms with Crippen LogP contribution in [0.4, 0.5) is 0 Å². The molecular formula is C21H36O11. The fraction of sp³-hybridized carbons (Fsp3) is 0.905. The van der Waals surface area contributed by atoms with Crippen molar-refractivity contribution in [2.75, 3.05) is 13.2 Å². The monoisotopic (exact) mass is 464 g/mol. The smallest absolute Gasteiger partial charge is 0.187 e. The first-order valence-electron chi connectivity index (χ1n) is 10.8. The number of hydrogen-bond donors (Lipinski definition) is 6. The summed E-state index contributed by atoms with van der Waals surface area (Å²) in [5, 5.41) is 60.3. The van der Waals surface area contributed by atoms with Gasteiger partial charge in [0.25, 0.3) is 0 Å². The lowest BCUT2D eigenvalue weighted by molar-refractivity contribution is -0.343. The third-order valence-corrected chi connectivity index (χ3v) is 6.49. The Hall–Kier alpha value is -0.700. The normalized spacial score (nSPS) is 48.0. The van der Waals surface area contributed by atoms with Crippen LogP contribution in [-0.4, -0.2) is 116 Å². The lowest BCUT2D eigenvalue weighted by atomic mass is 9.95. The second-order valence-electron chi connectivity index (χ2n) is 9.48. The van der Waals surface area contributed by atoms with E-state index in [0.29, 0.717) is 6.42 Å². The first-order valence-corrected chi connectivity index (χ1v) is 10.8. The Bertz CT molecular complexity index is 645. The molecule has 3 rings (SSSR count). The Morgan fingerprint density at radius 2 is 1.66 bits per heavy atom. The zero-order chi connectivity index (χ0) is 23.8. The SMILES string of the molecule is C=CC1(C)CCC(C(C)(C)OC2OC(COC3OCC(O)C(O)C3O)C(O)C(O)C2O)O1. The van der Waals surface area contributed by atoms with E-state index in [4.69, 9.17) is 23.7 Å². The molecule has 3 fully saturated rings. The highest BCUT2D eigenvalue weighted by Gasteiger charge is 2.50. The van der Waals surface area contributed by atoms with Gasteiger partial charge in [-0.25, -0.2) is 0 Å². The molecule has 3 aliphatic heterocycles. The molecule has 186 valence electrons. The van der Waals surface area contributed by atoms with Gasteiger partial charge >= 0.3 is 0 Å². The first-order chi connectivity index (χ1) is 14.9. The predicted octanol–water partition coefficient (Wildman–Crippen LogP) is -1.83. The van der Waals surface area contributed by atoms with Crippen LogP contribution in [0, 0.1) is 0 Å². The van der Waals surface area contributed by atoms with Crippen LogP contribution in [0.1, 0.15) is 33.6 Å². The largest absolute Gasteiger partial charge is 0.388 e. The second-order valence-corrected chi connectivity index (χ2v) is 9.48. The number of hydrogen-bond acceptors (Lipinski definition) is 11. The fourth-order valence-electron chi connectivity index (χ4n) is 4.14. The molecule has 11 atom stereocenters. The van der Waals surface area contributed by atoms with Crippen LogP contribution >= 0.6 is 0 Å². The minimum absolute atomic E-state index is 0.247. The highest BCUT2D eigenvalue weighted by atomic mass is 16.7. The third-order valence-electron chi connectivity index (χ3n) is 6.49. The van der Waals surface area contributed by atoms with E-state index >= 15 is 0 Å². The average molecular weight is 465 g/mol. The fourth-order valence-corrected chi connectivity index (χ4v) is 4.14. The molecule has 11 unspecified atom stereocenters. The number of aliphatic hydroxyl groups excluding tert-OH is 6. The van der Waals surface area contributed by atoms with E-state index in [9.17, 15) is 30.6 Å². The average Bonchev–Trinajstić information content (AvgIpc) is 3.16. The molecule has 3 heterocycles. The summed E-state index contributed by atoms with van der Waals surface area (Å²) in [4.78, 5) is 0. The van der Waals surface area contributed by atoms with E-state index in [1.165, 1.54) is 0 Å². The molecule has 3 aliphatic rings. The quantitative estimate of drug-likeness (QED) is 0.234. The molecule has 11 heteroatoms. The summed E-state index contributed by atoms with van der Waals surface area (Å²) >= 11 is 0. The Labute approximate surface area is 187 Å². The molecule has 0 aromatic rings. The maximum atomic E-state index is 10.4. The van der Waals surface area contributed by atoms with Crippen molar-refractivity contribution < 1.29 is 54.3 Å². The van der Waals surface area contributed by atoms with Gasteiger partial charge in [-0.3, -0.25) is 0 Å². The molecule has 0 aromatic carbocycles. The first kappa shape index (κ1) is 25.9. The van der Waals surface area contributed by atoms with Crippen LogP contribution in [-0.2, 0) is 23.7 Å². The molecule has 3 saturated heterocycles. The molecule has 0 saturated carbocycles. The van der Waals surface area contributed by atoms with Crippen LogP contribution in [0.5, 0.6) is 0 Å². The topological polar surface area (TPSA) is 168 Å². The summed E-state index contributed by atoms with van der Waals surface area (Å²) in [6.07, 6.45) is -9.65. The Morgan fingerprint density at radius 1 is 1.00 bits per heavy atom. The minimum atomic E-state index is -1.58. The van der Waals surface area contributed by atoms with Crippen LogP contribution in [0.15, 0.2) is 12.7 Å². The summed E-state index contributed by atoms with van der Waals surface area (Å²) < 4.78 is 28.3. The van der Waals surface area contributed by atoms with E-state index in [1.807, 2.05) is 6.92 Å². The van der Waals surface area contributed by atoms with Gasteiger partial charge in [-0.2, -0.15) is 0 Å². The maximum absolute atomic E-state index is 10.4. The zero-order valence-corrected chi connectivity index (χ0v) is 18.6. The molecule has 0 spiro atoms. The van der Waals surface area contributed by atoms with Gasteiger partial charge in [0.2, 0.25) is 0 Å². The van der Waals surface area contributed by atoms with E-state index in [0.717, 1.165) is 6.42 Å². The van der Waals surface area contributed by atoms with Crippen molar-refractivity contribution in [2.24, 2.45) is 0 Å². The van der Waals surface area contributed by atoms with Crippen LogP contribution in [0.3, 0.4) is 0 Å². The number of rotatable bonds is 7. The Balaban J connectivity index is 1.62. The zero-order valence-electron chi connectivity index (χ0n) is 18.6. The lowest BCUT2D eigenvalue weighted by Gasteiger charge is -2.44. The van der Waals surface area contributed by atoms with Gasteiger partial charge in [0.05, 0.1) is 30.5 Å². The van der Waals surface area contributed by atoms with Gasteiger partial charge in [0.15, 0.2) is 12.6 Å². The Morgan fingerprint density at radius 3 is 2.28 bits per heavy atom. The molecule has 0 amide bonds. The van der Waals surface area contributed by atoms with Gasteiger partial charge in [-0.1, -0.05) is 6.08 Å². The van der Waals surface area contributed by atoms with Crippen molar-refractivity contribution in [3.8, 4) is 0 Å². The van der Waals surface area contributed by atoms with Crippen molar-refractivity contribution in [3.63, 3.8) is 0 Å². The minimum Gasteiger partial charge on any atom is -0.388 e. The summed E-state index contributed by atoms with van der Waals surface area (Å²) in [5.74, 6) is 0. The van der Waals surface area contributed by atoms with Gasteiger partial charge in [-0.05, 0) is 33.6 Å². The van der Waals surface area contributed by atoms with E-state index < -0.39 is 66.5 Å².